The molecule has 3 aromatic rings. The van der Waals surface area contributed by atoms with Gasteiger partial charge in [-0.05, 0) is 53.9 Å². The van der Waals surface area contributed by atoms with Crippen LogP contribution >= 0.6 is 11.6 Å². The minimum Gasteiger partial charge on any atom is -0.351 e. The molecule has 0 aliphatic rings. The van der Waals surface area contributed by atoms with Gasteiger partial charge < -0.3 is 5.32 Å². The summed E-state index contributed by atoms with van der Waals surface area (Å²) in [7, 11) is -4.02. The van der Waals surface area contributed by atoms with E-state index in [1.165, 1.54) is 0 Å². The zero-order valence-corrected chi connectivity index (χ0v) is 17.5. The Bertz CT molecular complexity index is 1090. The molecular weight excluding hydrogens is 427 g/mol. The first-order valence-electron chi connectivity index (χ1n) is 9.17. The van der Waals surface area contributed by atoms with Gasteiger partial charge in [0, 0.05) is 11.6 Å². The molecule has 2 N–H and O–H groups in total. The number of halogens is 2. The van der Waals surface area contributed by atoms with Crippen molar-refractivity contribution < 1.29 is 17.6 Å². The second kappa shape index (κ2) is 9.84. The average molecular weight is 447 g/mol. The summed E-state index contributed by atoms with van der Waals surface area (Å²) < 4.78 is 41.1. The van der Waals surface area contributed by atoms with Gasteiger partial charge in [-0.1, -0.05) is 54.1 Å². The van der Waals surface area contributed by atoms with Crippen LogP contribution in [0, 0.1) is 5.82 Å². The summed E-state index contributed by atoms with van der Waals surface area (Å²) in [5.74, 6) is -1.02. The fourth-order valence-electron chi connectivity index (χ4n) is 2.82. The van der Waals surface area contributed by atoms with Crippen molar-refractivity contribution in [1.29, 1.82) is 0 Å². The molecule has 8 heteroatoms. The molecule has 0 aromatic heterocycles. The molecule has 30 heavy (non-hydrogen) atoms. The van der Waals surface area contributed by atoms with Gasteiger partial charge in [-0.15, -0.1) is 0 Å². The van der Waals surface area contributed by atoms with Crippen LogP contribution < -0.4 is 10.0 Å². The van der Waals surface area contributed by atoms with Gasteiger partial charge >= 0.3 is 0 Å². The monoisotopic (exact) mass is 446 g/mol. The third-order valence-corrected chi connectivity index (χ3v) is 6.14. The summed E-state index contributed by atoms with van der Waals surface area (Å²) in [5, 5.41) is 3.34. The van der Waals surface area contributed by atoms with Crippen LogP contribution in [0.5, 0.6) is 0 Å². The molecule has 0 heterocycles. The van der Waals surface area contributed by atoms with Gasteiger partial charge in [0.2, 0.25) is 15.9 Å². The molecule has 0 bridgehead atoms. The molecule has 0 saturated carbocycles. The first-order chi connectivity index (χ1) is 14.3. The number of nitrogens with one attached hydrogen (secondary N) is 2. The number of benzene rings is 3. The number of amides is 1. The van der Waals surface area contributed by atoms with E-state index in [4.69, 9.17) is 11.6 Å². The summed E-state index contributed by atoms with van der Waals surface area (Å²) in [6, 6.07) is 19.4. The number of carbonyl (C=O) groups excluding carboxylic acids is 1. The third-order valence-electron chi connectivity index (χ3n) is 4.40. The van der Waals surface area contributed by atoms with E-state index in [0.29, 0.717) is 5.02 Å². The fourth-order valence-corrected chi connectivity index (χ4v) is 4.14. The Balaban J connectivity index is 1.77. The van der Waals surface area contributed by atoms with E-state index in [-0.39, 0.29) is 17.9 Å². The maximum Gasteiger partial charge on any atom is 0.241 e. The van der Waals surface area contributed by atoms with Gasteiger partial charge in [-0.25, -0.2) is 12.8 Å². The lowest BCUT2D eigenvalue weighted by Crippen LogP contribution is -2.47. The highest BCUT2D eigenvalue weighted by molar-refractivity contribution is 7.89. The molecule has 0 saturated heterocycles. The number of hydrogen-bond donors (Lipinski definition) is 2. The van der Waals surface area contributed by atoms with E-state index >= 15 is 0 Å². The second-order valence-corrected chi connectivity index (χ2v) is 8.81. The molecule has 0 aliphatic heterocycles. The Morgan fingerprint density at radius 2 is 1.53 bits per heavy atom. The van der Waals surface area contributed by atoms with Gasteiger partial charge in [0.1, 0.15) is 11.9 Å². The van der Waals surface area contributed by atoms with Crippen molar-refractivity contribution in [2.24, 2.45) is 0 Å². The standard InChI is InChI=1S/C22H20ClFN2O3S/c23-18-8-6-17(7-9-18)15-25-22(27)21(14-16-4-2-1-3-5-16)26-30(28,29)20-12-10-19(24)11-13-20/h1-13,21,26H,14-15H2,(H,25,27)/t21-/m0/s1. The quantitative estimate of drug-likeness (QED) is 0.554. The van der Waals surface area contributed by atoms with Crippen molar-refractivity contribution in [3.8, 4) is 0 Å². The molecule has 1 amide bonds. The summed E-state index contributed by atoms with van der Waals surface area (Å²) in [5.41, 5.74) is 1.62. The van der Waals surface area contributed by atoms with Gasteiger partial charge in [0.25, 0.3) is 0 Å². The lowest BCUT2D eigenvalue weighted by atomic mass is 10.1. The highest BCUT2D eigenvalue weighted by Gasteiger charge is 2.26. The van der Waals surface area contributed by atoms with E-state index in [1.807, 2.05) is 30.3 Å². The van der Waals surface area contributed by atoms with Crippen molar-refractivity contribution in [3.05, 3.63) is 101 Å². The summed E-state index contributed by atoms with van der Waals surface area (Å²) in [6.07, 6.45) is 0.160. The van der Waals surface area contributed by atoms with Gasteiger partial charge in [-0.2, -0.15) is 4.72 Å². The SMILES string of the molecule is O=C(NCc1ccc(Cl)cc1)[C@H](Cc1ccccc1)NS(=O)(=O)c1ccc(F)cc1. The van der Waals surface area contributed by atoms with E-state index < -0.39 is 27.8 Å². The molecule has 156 valence electrons. The molecule has 0 aliphatic carbocycles. The lowest BCUT2D eigenvalue weighted by Gasteiger charge is -2.19. The predicted molar refractivity (Wildman–Crippen MR) is 114 cm³/mol. The normalized spacial score (nSPS) is 12.3. The van der Waals surface area contributed by atoms with Crippen LogP contribution in [0.3, 0.4) is 0 Å². The number of hydrogen-bond acceptors (Lipinski definition) is 3. The topological polar surface area (TPSA) is 75.3 Å². The van der Waals surface area contributed by atoms with E-state index in [0.717, 1.165) is 35.4 Å². The van der Waals surface area contributed by atoms with Crippen LogP contribution in [-0.4, -0.2) is 20.4 Å². The minimum atomic E-state index is -4.02. The Morgan fingerprint density at radius 3 is 2.17 bits per heavy atom. The van der Waals surface area contributed by atoms with Crippen LogP contribution in [0.4, 0.5) is 4.39 Å². The molecular formula is C22H20ClFN2O3S. The number of sulfonamides is 1. The zero-order chi connectivity index (χ0) is 21.6. The van der Waals surface area contributed by atoms with Gasteiger partial charge in [0.15, 0.2) is 0 Å². The van der Waals surface area contributed by atoms with Crippen molar-refractivity contribution >= 4 is 27.5 Å². The van der Waals surface area contributed by atoms with Crippen LogP contribution in [0.2, 0.25) is 5.02 Å². The second-order valence-electron chi connectivity index (χ2n) is 6.66. The van der Waals surface area contributed by atoms with Crippen LogP contribution in [0.1, 0.15) is 11.1 Å². The Labute approximate surface area is 179 Å². The van der Waals surface area contributed by atoms with Gasteiger partial charge in [0.05, 0.1) is 4.90 Å². The Morgan fingerprint density at radius 1 is 0.900 bits per heavy atom. The maximum absolute atomic E-state index is 13.2. The first kappa shape index (κ1) is 22.0. The van der Waals surface area contributed by atoms with Crippen molar-refractivity contribution in [2.75, 3.05) is 0 Å². The Kier molecular flexibility index (Phi) is 7.20. The number of carbonyl (C=O) groups is 1. The highest BCUT2D eigenvalue weighted by atomic mass is 35.5. The molecule has 0 spiro atoms. The van der Waals surface area contributed by atoms with E-state index in [1.54, 1.807) is 24.3 Å². The fraction of sp³-hybridized carbons (Fsp3) is 0.136. The summed E-state index contributed by atoms with van der Waals surface area (Å²) in [6.45, 7) is 0.222. The van der Waals surface area contributed by atoms with Crippen molar-refractivity contribution in [2.45, 2.75) is 23.9 Å². The maximum atomic E-state index is 13.2. The summed E-state index contributed by atoms with van der Waals surface area (Å²) in [4.78, 5) is 12.7. The lowest BCUT2D eigenvalue weighted by molar-refractivity contribution is -0.122. The van der Waals surface area contributed by atoms with Crippen LogP contribution in [-0.2, 0) is 27.8 Å². The van der Waals surface area contributed by atoms with Crippen molar-refractivity contribution in [3.63, 3.8) is 0 Å². The van der Waals surface area contributed by atoms with Gasteiger partial charge in [-0.3, -0.25) is 4.79 Å². The van der Waals surface area contributed by atoms with Crippen molar-refractivity contribution in [1.82, 2.24) is 10.0 Å². The van der Waals surface area contributed by atoms with E-state index in [2.05, 4.69) is 10.0 Å². The Hall–Kier alpha value is -2.74. The third kappa shape index (κ3) is 6.13. The summed E-state index contributed by atoms with van der Waals surface area (Å²) >= 11 is 5.87. The number of rotatable bonds is 8. The molecule has 0 unspecified atom stereocenters. The van der Waals surface area contributed by atoms with Crippen LogP contribution in [0.25, 0.3) is 0 Å². The molecule has 0 radical (unpaired) electrons. The smallest absolute Gasteiger partial charge is 0.241 e. The molecule has 0 fully saturated rings. The van der Waals surface area contributed by atoms with E-state index in [9.17, 15) is 17.6 Å². The van der Waals surface area contributed by atoms with Crippen LogP contribution in [0.15, 0.2) is 83.8 Å². The largest absolute Gasteiger partial charge is 0.351 e. The first-order valence-corrected chi connectivity index (χ1v) is 11.0. The highest BCUT2D eigenvalue weighted by Crippen LogP contribution is 2.13. The molecule has 3 rings (SSSR count). The molecule has 5 nitrogen and oxygen atoms in total. The zero-order valence-electron chi connectivity index (χ0n) is 15.9. The predicted octanol–water partition coefficient (Wildman–Crippen LogP) is 3.69. The minimum absolute atomic E-state index is 0.118. The average Bonchev–Trinajstić information content (AvgIpc) is 2.73. The molecule has 1 atom stereocenters. The molecule has 3 aromatic carbocycles.